The van der Waals surface area contributed by atoms with E-state index in [1.165, 1.54) is 6.42 Å². The molecule has 0 radical (unpaired) electrons. The maximum absolute atomic E-state index is 11.0. The van der Waals surface area contributed by atoms with Gasteiger partial charge in [-0.15, -0.1) is 0 Å². The summed E-state index contributed by atoms with van der Waals surface area (Å²) in [5.74, 6) is -0.126. The zero-order valence-corrected chi connectivity index (χ0v) is 10.3. The van der Waals surface area contributed by atoms with E-state index in [1.807, 2.05) is 0 Å². The fourth-order valence-electron chi connectivity index (χ4n) is 2.22. The van der Waals surface area contributed by atoms with Gasteiger partial charge in [-0.3, -0.25) is 4.79 Å². The maximum Gasteiger partial charge on any atom is 0.267 e. The molecule has 1 aliphatic rings. The summed E-state index contributed by atoms with van der Waals surface area (Å²) in [4.78, 5) is 15.1. The third kappa shape index (κ3) is 3.20. The highest BCUT2D eigenvalue weighted by molar-refractivity contribution is 5.90. The molecule has 98 valence electrons. The number of carbonyl (C=O) groups is 1. The van der Waals surface area contributed by atoms with Gasteiger partial charge in [0.25, 0.3) is 5.91 Å². The van der Waals surface area contributed by atoms with Crippen LogP contribution in [0.1, 0.15) is 42.6 Å². The second-order valence-electron chi connectivity index (χ2n) is 4.68. The van der Waals surface area contributed by atoms with Crippen LogP contribution in [0.2, 0.25) is 0 Å². The van der Waals surface area contributed by atoms with E-state index in [9.17, 15) is 4.79 Å². The van der Waals surface area contributed by atoms with Gasteiger partial charge in [0.05, 0.1) is 0 Å². The van der Waals surface area contributed by atoms with E-state index in [1.54, 1.807) is 18.2 Å². The zero-order chi connectivity index (χ0) is 13.0. The van der Waals surface area contributed by atoms with Crippen molar-refractivity contribution in [3.8, 4) is 5.88 Å². The van der Waals surface area contributed by atoms with Crippen molar-refractivity contribution in [2.75, 3.05) is 0 Å². The molecular weight excluding hydrogens is 230 g/mol. The summed E-state index contributed by atoms with van der Waals surface area (Å²) >= 11 is 0. The molecule has 0 aromatic carbocycles. The number of carbonyl (C=O) groups excluding carboxylic acids is 1. The minimum absolute atomic E-state index is 0.0249. The van der Waals surface area contributed by atoms with Crippen molar-refractivity contribution in [2.45, 2.75) is 44.2 Å². The molecule has 1 aromatic rings. The molecule has 2 atom stereocenters. The van der Waals surface area contributed by atoms with Gasteiger partial charge >= 0.3 is 0 Å². The first kappa shape index (κ1) is 12.8. The molecule has 1 aromatic heterocycles. The predicted octanol–water partition coefficient (Wildman–Crippen LogP) is 1.22. The van der Waals surface area contributed by atoms with E-state index in [0.29, 0.717) is 5.88 Å². The topological polar surface area (TPSA) is 91.2 Å². The second kappa shape index (κ2) is 5.82. The molecule has 1 amide bonds. The Morgan fingerprint density at radius 3 is 2.83 bits per heavy atom. The Labute approximate surface area is 107 Å². The first-order chi connectivity index (χ1) is 8.66. The summed E-state index contributed by atoms with van der Waals surface area (Å²) in [7, 11) is 0. The molecule has 2 rings (SSSR count). The van der Waals surface area contributed by atoms with Crippen LogP contribution in [0.3, 0.4) is 0 Å². The van der Waals surface area contributed by atoms with Gasteiger partial charge in [-0.2, -0.15) is 0 Å². The molecule has 1 saturated carbocycles. The number of hydrogen-bond acceptors (Lipinski definition) is 4. The van der Waals surface area contributed by atoms with Crippen LogP contribution < -0.4 is 16.2 Å². The second-order valence-corrected chi connectivity index (χ2v) is 4.68. The summed E-state index contributed by atoms with van der Waals surface area (Å²) in [5.41, 5.74) is 11.5. The zero-order valence-electron chi connectivity index (χ0n) is 10.3. The average molecular weight is 249 g/mol. The molecule has 0 saturated heterocycles. The van der Waals surface area contributed by atoms with Gasteiger partial charge in [-0.1, -0.05) is 18.9 Å². The number of nitrogens with zero attached hydrogens (tertiary/aromatic N) is 1. The van der Waals surface area contributed by atoms with Crippen LogP contribution in [0.25, 0.3) is 0 Å². The van der Waals surface area contributed by atoms with Crippen LogP contribution in [-0.4, -0.2) is 23.0 Å². The van der Waals surface area contributed by atoms with E-state index < -0.39 is 5.91 Å². The van der Waals surface area contributed by atoms with Crippen LogP contribution in [0, 0.1) is 0 Å². The summed E-state index contributed by atoms with van der Waals surface area (Å²) in [6.07, 6.45) is 5.35. The molecule has 18 heavy (non-hydrogen) atoms. The normalized spacial score (nSPS) is 24.3. The van der Waals surface area contributed by atoms with Gasteiger partial charge in [0.15, 0.2) is 0 Å². The summed E-state index contributed by atoms with van der Waals surface area (Å²) in [5, 5.41) is 0. The monoisotopic (exact) mass is 249 g/mol. The highest BCUT2D eigenvalue weighted by atomic mass is 16.5. The number of hydrogen-bond donors (Lipinski definition) is 2. The third-order valence-corrected chi connectivity index (χ3v) is 3.25. The van der Waals surface area contributed by atoms with Crippen molar-refractivity contribution in [1.29, 1.82) is 0 Å². The SMILES string of the molecule is NC(=O)c1cccc(OC2CCCCCC2N)n1. The highest BCUT2D eigenvalue weighted by Gasteiger charge is 2.22. The number of primary amides is 1. The van der Waals surface area contributed by atoms with Crippen LogP contribution >= 0.6 is 0 Å². The molecule has 0 aliphatic heterocycles. The predicted molar refractivity (Wildman–Crippen MR) is 68.2 cm³/mol. The smallest absolute Gasteiger partial charge is 0.267 e. The number of rotatable bonds is 3. The molecule has 1 aliphatic carbocycles. The number of aromatic nitrogens is 1. The molecule has 2 unspecified atom stereocenters. The van der Waals surface area contributed by atoms with Crippen LogP contribution in [0.4, 0.5) is 0 Å². The average Bonchev–Trinajstić information content (AvgIpc) is 2.55. The molecule has 1 fully saturated rings. The van der Waals surface area contributed by atoms with Gasteiger partial charge in [-0.25, -0.2) is 4.98 Å². The van der Waals surface area contributed by atoms with Gasteiger partial charge in [0, 0.05) is 12.1 Å². The van der Waals surface area contributed by atoms with Crippen molar-refractivity contribution in [1.82, 2.24) is 4.98 Å². The number of amides is 1. The van der Waals surface area contributed by atoms with E-state index >= 15 is 0 Å². The molecule has 0 spiro atoms. The minimum Gasteiger partial charge on any atom is -0.473 e. The number of ether oxygens (including phenoxy) is 1. The molecule has 1 heterocycles. The van der Waals surface area contributed by atoms with Crippen molar-refractivity contribution in [2.24, 2.45) is 11.5 Å². The summed E-state index contributed by atoms with van der Waals surface area (Å²) in [6.45, 7) is 0. The Morgan fingerprint density at radius 2 is 2.06 bits per heavy atom. The largest absolute Gasteiger partial charge is 0.473 e. The van der Waals surface area contributed by atoms with Crippen molar-refractivity contribution in [3.63, 3.8) is 0 Å². The van der Waals surface area contributed by atoms with Gasteiger partial charge < -0.3 is 16.2 Å². The Balaban J connectivity index is 2.07. The lowest BCUT2D eigenvalue weighted by Crippen LogP contribution is -2.38. The standard InChI is InChI=1S/C13H19N3O2/c14-9-5-2-1-3-7-11(9)18-12-8-4-6-10(16-12)13(15)17/h4,6,8-9,11H,1-3,5,7,14H2,(H2,15,17). The summed E-state index contributed by atoms with van der Waals surface area (Å²) < 4.78 is 5.79. The molecular formula is C13H19N3O2. The van der Waals surface area contributed by atoms with Crippen molar-refractivity contribution >= 4 is 5.91 Å². The fourth-order valence-corrected chi connectivity index (χ4v) is 2.22. The van der Waals surface area contributed by atoms with Crippen LogP contribution in [0.5, 0.6) is 5.88 Å². The van der Waals surface area contributed by atoms with Gasteiger partial charge in [0.1, 0.15) is 11.8 Å². The van der Waals surface area contributed by atoms with E-state index in [2.05, 4.69) is 4.98 Å². The minimum atomic E-state index is -0.550. The maximum atomic E-state index is 11.0. The van der Waals surface area contributed by atoms with Crippen LogP contribution in [-0.2, 0) is 0 Å². The lowest BCUT2D eigenvalue weighted by atomic mass is 10.1. The first-order valence-electron chi connectivity index (χ1n) is 6.36. The molecule has 5 heteroatoms. The highest BCUT2D eigenvalue weighted by Crippen LogP contribution is 2.21. The third-order valence-electron chi connectivity index (χ3n) is 3.25. The van der Waals surface area contributed by atoms with Crippen molar-refractivity contribution < 1.29 is 9.53 Å². The molecule has 5 nitrogen and oxygen atoms in total. The Kier molecular flexibility index (Phi) is 4.15. The van der Waals surface area contributed by atoms with Crippen LogP contribution in [0.15, 0.2) is 18.2 Å². The lowest BCUT2D eigenvalue weighted by molar-refractivity contribution is 0.0992. The Morgan fingerprint density at radius 1 is 1.28 bits per heavy atom. The number of nitrogens with two attached hydrogens (primary N) is 2. The Bertz CT molecular complexity index is 422. The quantitative estimate of drug-likeness (QED) is 0.788. The molecule has 0 bridgehead atoms. The van der Waals surface area contributed by atoms with E-state index in [-0.39, 0.29) is 17.8 Å². The van der Waals surface area contributed by atoms with Gasteiger partial charge in [-0.05, 0) is 25.3 Å². The first-order valence-corrected chi connectivity index (χ1v) is 6.36. The van der Waals surface area contributed by atoms with Gasteiger partial charge in [0.2, 0.25) is 5.88 Å². The Hall–Kier alpha value is -1.62. The lowest BCUT2D eigenvalue weighted by Gasteiger charge is -2.22. The van der Waals surface area contributed by atoms with E-state index in [0.717, 1.165) is 25.7 Å². The summed E-state index contributed by atoms with van der Waals surface area (Å²) in [6, 6.07) is 5.04. The molecule has 4 N–H and O–H groups in total. The fraction of sp³-hybridized carbons (Fsp3) is 0.538. The van der Waals surface area contributed by atoms with E-state index in [4.69, 9.17) is 16.2 Å². The number of pyridine rings is 1. The van der Waals surface area contributed by atoms with Crippen molar-refractivity contribution in [3.05, 3.63) is 23.9 Å².